The van der Waals surface area contributed by atoms with E-state index in [1.165, 1.54) is 6.42 Å². The molecule has 3 fully saturated rings. The maximum Gasteiger partial charge on any atom is 0.377 e. The Hall–Kier alpha value is -0.915. The van der Waals surface area contributed by atoms with Crippen LogP contribution in [0.1, 0.15) is 46.0 Å². The van der Waals surface area contributed by atoms with Crippen LogP contribution in [0.5, 0.6) is 0 Å². The molecule has 6 nitrogen and oxygen atoms in total. The van der Waals surface area contributed by atoms with Crippen molar-refractivity contribution in [1.29, 1.82) is 0 Å². The van der Waals surface area contributed by atoms with E-state index in [1.54, 1.807) is 6.82 Å². The molecule has 0 aromatic heterocycles. The first-order valence-electron chi connectivity index (χ1n) is 9.58. The minimum absolute atomic E-state index is 0.0311. The topological polar surface area (TPSA) is 104 Å². The van der Waals surface area contributed by atoms with Crippen molar-refractivity contribution in [3.63, 3.8) is 0 Å². The summed E-state index contributed by atoms with van der Waals surface area (Å²) in [6.45, 7) is 6.78. The van der Waals surface area contributed by atoms with Gasteiger partial charge in [-0.25, -0.2) is 0 Å². The first kappa shape index (κ1) is 18.9. The van der Waals surface area contributed by atoms with Gasteiger partial charge in [-0.2, -0.15) is 0 Å². The van der Waals surface area contributed by atoms with Crippen molar-refractivity contribution in [2.45, 2.75) is 64.9 Å². The lowest BCUT2D eigenvalue weighted by Crippen LogP contribution is -2.50. The number of rotatable bonds is 8. The van der Waals surface area contributed by atoms with Crippen molar-refractivity contribution >= 4 is 18.7 Å². The number of primary amides is 1. The van der Waals surface area contributed by atoms with Crippen LogP contribution in [0.4, 0.5) is 0 Å². The molecule has 0 aromatic rings. The van der Waals surface area contributed by atoms with Crippen molar-refractivity contribution in [3.05, 3.63) is 0 Å². The van der Waals surface area contributed by atoms with Gasteiger partial charge in [0.05, 0.1) is 6.04 Å². The Balaban J connectivity index is 1.71. The van der Waals surface area contributed by atoms with Crippen LogP contribution >= 0.6 is 0 Å². The molecule has 3 unspecified atom stereocenters. The Morgan fingerprint density at radius 1 is 1.36 bits per heavy atom. The van der Waals surface area contributed by atoms with E-state index in [0.29, 0.717) is 18.3 Å². The minimum atomic E-state index is -1.27. The number of piperidine rings is 1. The van der Waals surface area contributed by atoms with Crippen LogP contribution < -0.4 is 5.73 Å². The van der Waals surface area contributed by atoms with E-state index in [-0.39, 0.29) is 29.6 Å². The lowest BCUT2D eigenvalue weighted by molar-refractivity contribution is -0.132. The van der Waals surface area contributed by atoms with Crippen molar-refractivity contribution in [2.24, 2.45) is 34.8 Å². The molecule has 0 aromatic carbocycles. The molecule has 140 valence electrons. The molecular weight excluding hydrogens is 319 g/mol. The van der Waals surface area contributed by atoms with Gasteiger partial charge in [0.15, 0.2) is 0 Å². The second-order valence-electron chi connectivity index (χ2n) is 9.04. The van der Waals surface area contributed by atoms with E-state index < -0.39 is 25.0 Å². The average molecular weight is 350 g/mol. The maximum atomic E-state index is 13.1. The molecule has 0 spiro atoms. The van der Waals surface area contributed by atoms with Gasteiger partial charge in [0.2, 0.25) is 5.91 Å². The summed E-state index contributed by atoms with van der Waals surface area (Å²) in [5.41, 5.74) is 5.43. The fourth-order valence-electron chi connectivity index (χ4n) is 5.17. The summed E-state index contributed by atoms with van der Waals surface area (Å²) in [5.74, 6) is 0.0384. The fourth-order valence-corrected chi connectivity index (χ4v) is 5.17. The van der Waals surface area contributed by atoms with Crippen LogP contribution in [0.3, 0.4) is 0 Å². The Morgan fingerprint density at radius 2 is 2.00 bits per heavy atom. The Kier molecular flexibility index (Phi) is 5.03. The number of aliphatic hydroxyl groups excluding tert-OH is 1. The SMILES string of the molecule is CB(O)N1CC2[C@@H]([C@H]1C(=O)CC(CC1CCC1)C(O)C(N)=O)C2(C)C. The molecule has 2 aliphatic carbocycles. The zero-order chi connectivity index (χ0) is 18.5. The highest BCUT2D eigenvalue weighted by atomic mass is 16.3. The van der Waals surface area contributed by atoms with Crippen LogP contribution in [-0.2, 0) is 9.59 Å². The van der Waals surface area contributed by atoms with Gasteiger partial charge in [0, 0.05) is 12.3 Å². The minimum Gasteiger partial charge on any atom is -0.437 e. The van der Waals surface area contributed by atoms with Crippen LogP contribution in [0.2, 0.25) is 6.82 Å². The van der Waals surface area contributed by atoms with E-state index in [4.69, 9.17) is 5.73 Å². The van der Waals surface area contributed by atoms with Gasteiger partial charge >= 0.3 is 7.05 Å². The molecule has 3 aliphatic rings. The van der Waals surface area contributed by atoms with Gasteiger partial charge in [-0.15, -0.1) is 0 Å². The second-order valence-corrected chi connectivity index (χ2v) is 9.04. The maximum absolute atomic E-state index is 13.1. The molecule has 0 bridgehead atoms. The largest absolute Gasteiger partial charge is 0.437 e. The lowest BCUT2D eigenvalue weighted by atomic mass is 9.74. The predicted molar refractivity (Wildman–Crippen MR) is 95.4 cm³/mol. The van der Waals surface area contributed by atoms with Crippen LogP contribution in [0.25, 0.3) is 0 Å². The highest BCUT2D eigenvalue weighted by Crippen LogP contribution is 2.65. The Labute approximate surface area is 150 Å². The average Bonchev–Trinajstić information content (AvgIpc) is 2.86. The number of ketones is 1. The van der Waals surface area contributed by atoms with Crippen molar-refractivity contribution < 1.29 is 19.7 Å². The van der Waals surface area contributed by atoms with Crippen molar-refractivity contribution in [1.82, 2.24) is 4.81 Å². The summed E-state index contributed by atoms with van der Waals surface area (Å²) in [4.78, 5) is 26.5. The molecule has 25 heavy (non-hydrogen) atoms. The number of nitrogens with two attached hydrogens (primary N) is 1. The molecule has 1 aliphatic heterocycles. The summed E-state index contributed by atoms with van der Waals surface area (Å²) in [7, 11) is -0.663. The number of carbonyl (C=O) groups excluding carboxylic acids is 2. The number of hydrogen-bond donors (Lipinski definition) is 3. The highest BCUT2D eigenvalue weighted by molar-refractivity contribution is 6.46. The van der Waals surface area contributed by atoms with Crippen LogP contribution in [-0.4, -0.2) is 52.4 Å². The van der Waals surface area contributed by atoms with Crippen LogP contribution in [0.15, 0.2) is 0 Å². The number of carbonyl (C=O) groups is 2. The third-order valence-electron chi connectivity index (χ3n) is 7.12. The van der Waals surface area contributed by atoms with E-state index in [2.05, 4.69) is 13.8 Å². The zero-order valence-electron chi connectivity index (χ0n) is 15.5. The first-order valence-corrected chi connectivity index (χ1v) is 9.58. The fraction of sp³-hybridized carbons (Fsp3) is 0.889. The van der Waals surface area contributed by atoms with Gasteiger partial charge in [0.25, 0.3) is 0 Å². The van der Waals surface area contributed by atoms with Crippen LogP contribution in [0, 0.1) is 29.1 Å². The third-order valence-corrected chi connectivity index (χ3v) is 7.12. The summed E-state index contributed by atoms with van der Waals surface area (Å²) in [5, 5.41) is 20.3. The van der Waals surface area contributed by atoms with Crippen molar-refractivity contribution in [3.8, 4) is 0 Å². The molecule has 5 atom stereocenters. The molecular formula is C18H31BN2O4. The number of fused-ring (bicyclic) bond motifs is 1. The van der Waals surface area contributed by atoms with Gasteiger partial charge in [-0.3, -0.25) is 9.59 Å². The molecule has 1 amide bonds. The molecule has 0 radical (unpaired) electrons. The zero-order valence-corrected chi connectivity index (χ0v) is 15.5. The lowest BCUT2D eigenvalue weighted by Gasteiger charge is -2.34. The number of Topliss-reactive ketones (excluding diaryl/α,β-unsaturated/α-hetero) is 1. The van der Waals surface area contributed by atoms with Gasteiger partial charge in [-0.1, -0.05) is 33.1 Å². The summed E-state index contributed by atoms with van der Waals surface area (Å²) >= 11 is 0. The summed E-state index contributed by atoms with van der Waals surface area (Å²) < 4.78 is 0. The van der Waals surface area contributed by atoms with Gasteiger partial charge in [0.1, 0.15) is 11.9 Å². The van der Waals surface area contributed by atoms with Gasteiger partial charge < -0.3 is 20.7 Å². The number of nitrogens with zero attached hydrogens (tertiary/aromatic N) is 1. The van der Waals surface area contributed by atoms with E-state index in [0.717, 1.165) is 19.4 Å². The number of aliphatic hydroxyl groups is 1. The Morgan fingerprint density at radius 3 is 2.48 bits per heavy atom. The summed E-state index contributed by atoms with van der Waals surface area (Å²) in [6, 6.07) is -0.316. The standard InChI is InChI=1S/C18H31BN2O4/c1-18(2)12-9-21(19(3)25)15(14(12)18)13(22)8-11(16(23)17(20)24)7-10-5-4-6-10/h10-12,14-16,23,25H,4-9H2,1-3H3,(H2,20,24)/t11?,12?,14-,15+,16?/m0/s1. The molecule has 1 saturated heterocycles. The van der Waals surface area contributed by atoms with E-state index in [9.17, 15) is 19.7 Å². The smallest absolute Gasteiger partial charge is 0.377 e. The highest BCUT2D eigenvalue weighted by Gasteiger charge is 2.68. The Bertz CT molecular complexity index is 547. The normalized spacial score (nSPS) is 33.2. The predicted octanol–water partition coefficient (Wildman–Crippen LogP) is 0.665. The summed E-state index contributed by atoms with van der Waals surface area (Å²) in [6.07, 6.45) is 2.93. The first-order chi connectivity index (χ1) is 11.6. The second kappa shape index (κ2) is 6.67. The molecule has 7 heteroatoms. The number of hydrogen-bond acceptors (Lipinski definition) is 5. The van der Waals surface area contributed by atoms with Crippen molar-refractivity contribution in [2.75, 3.05) is 6.54 Å². The van der Waals surface area contributed by atoms with E-state index >= 15 is 0 Å². The monoisotopic (exact) mass is 350 g/mol. The van der Waals surface area contributed by atoms with E-state index in [1.807, 2.05) is 4.81 Å². The quantitative estimate of drug-likeness (QED) is 0.558. The molecule has 1 heterocycles. The molecule has 4 N–H and O–H groups in total. The number of amides is 1. The molecule has 3 rings (SSSR count). The van der Waals surface area contributed by atoms with Gasteiger partial charge in [-0.05, 0) is 43.0 Å². The molecule has 2 saturated carbocycles. The third kappa shape index (κ3) is 3.38.